The summed E-state index contributed by atoms with van der Waals surface area (Å²) in [5, 5.41) is 0. The Balaban J connectivity index is 0.000000141. The molecule has 0 spiro atoms. The standard InChI is InChI=1S/2C11H16O/c1-8(2)10-7-12-11-6-4-3-5-9(10)11;1-8(2)11-7-9-5-3-4-6-10(9)12-11/h2*7-8H,3-6H2,1-2H3. The van der Waals surface area contributed by atoms with Crippen molar-refractivity contribution in [3.05, 3.63) is 46.3 Å². The Morgan fingerprint density at radius 1 is 0.792 bits per heavy atom. The van der Waals surface area contributed by atoms with E-state index in [1.54, 1.807) is 0 Å². The van der Waals surface area contributed by atoms with E-state index in [0.29, 0.717) is 11.8 Å². The molecule has 24 heavy (non-hydrogen) atoms. The van der Waals surface area contributed by atoms with Gasteiger partial charge >= 0.3 is 0 Å². The molecule has 0 unspecified atom stereocenters. The molecule has 0 aliphatic heterocycles. The van der Waals surface area contributed by atoms with E-state index in [1.165, 1.54) is 72.5 Å². The molecular formula is C22H32O2. The van der Waals surface area contributed by atoms with Gasteiger partial charge in [-0.05, 0) is 67.2 Å². The summed E-state index contributed by atoms with van der Waals surface area (Å²) in [4.78, 5) is 0. The van der Waals surface area contributed by atoms with Crippen molar-refractivity contribution in [1.29, 1.82) is 0 Å². The third-order valence-electron chi connectivity index (χ3n) is 5.30. The molecule has 0 bridgehead atoms. The molecule has 132 valence electrons. The Morgan fingerprint density at radius 2 is 1.46 bits per heavy atom. The number of hydrogen-bond donors (Lipinski definition) is 0. The van der Waals surface area contributed by atoms with Gasteiger partial charge in [0.05, 0.1) is 6.26 Å². The van der Waals surface area contributed by atoms with Crippen molar-refractivity contribution in [3.63, 3.8) is 0 Å². The van der Waals surface area contributed by atoms with E-state index >= 15 is 0 Å². The van der Waals surface area contributed by atoms with Crippen LogP contribution in [0.2, 0.25) is 0 Å². The normalized spacial score (nSPS) is 16.6. The van der Waals surface area contributed by atoms with Gasteiger partial charge in [-0.1, -0.05) is 27.7 Å². The monoisotopic (exact) mass is 328 g/mol. The van der Waals surface area contributed by atoms with Crippen molar-refractivity contribution in [3.8, 4) is 0 Å². The van der Waals surface area contributed by atoms with Crippen LogP contribution in [-0.4, -0.2) is 0 Å². The average Bonchev–Trinajstić information content (AvgIpc) is 3.19. The van der Waals surface area contributed by atoms with Crippen LogP contribution in [0.15, 0.2) is 21.2 Å². The summed E-state index contributed by atoms with van der Waals surface area (Å²) in [5.74, 6) is 4.84. The molecule has 0 saturated heterocycles. The number of aryl methyl sites for hydroxylation is 3. The maximum atomic E-state index is 5.77. The van der Waals surface area contributed by atoms with Crippen molar-refractivity contribution < 1.29 is 8.83 Å². The van der Waals surface area contributed by atoms with Gasteiger partial charge in [0, 0.05) is 18.8 Å². The molecule has 4 rings (SSSR count). The second-order valence-electron chi connectivity index (χ2n) is 7.91. The van der Waals surface area contributed by atoms with E-state index in [1.807, 2.05) is 6.26 Å². The summed E-state index contributed by atoms with van der Waals surface area (Å²) >= 11 is 0. The highest BCUT2D eigenvalue weighted by Gasteiger charge is 2.18. The van der Waals surface area contributed by atoms with Crippen molar-refractivity contribution in [1.82, 2.24) is 0 Å². The van der Waals surface area contributed by atoms with E-state index in [0.717, 1.165) is 12.8 Å². The second kappa shape index (κ2) is 7.63. The Kier molecular flexibility index (Phi) is 5.53. The van der Waals surface area contributed by atoms with Gasteiger partial charge in [-0.3, -0.25) is 0 Å². The Morgan fingerprint density at radius 3 is 2.12 bits per heavy atom. The van der Waals surface area contributed by atoms with Crippen LogP contribution in [0.5, 0.6) is 0 Å². The predicted octanol–water partition coefficient (Wildman–Crippen LogP) is 6.56. The number of fused-ring (bicyclic) bond motifs is 2. The zero-order valence-corrected chi connectivity index (χ0v) is 15.8. The van der Waals surface area contributed by atoms with Crippen LogP contribution in [0.25, 0.3) is 0 Å². The summed E-state index contributed by atoms with van der Waals surface area (Å²) in [6.45, 7) is 8.84. The third kappa shape index (κ3) is 3.79. The van der Waals surface area contributed by atoms with Crippen molar-refractivity contribution in [2.45, 2.75) is 90.9 Å². The van der Waals surface area contributed by atoms with Crippen molar-refractivity contribution in [2.24, 2.45) is 0 Å². The lowest BCUT2D eigenvalue weighted by atomic mass is 9.91. The van der Waals surface area contributed by atoms with Gasteiger partial charge in [0.25, 0.3) is 0 Å². The fourth-order valence-electron chi connectivity index (χ4n) is 3.80. The zero-order chi connectivity index (χ0) is 17.1. The van der Waals surface area contributed by atoms with E-state index < -0.39 is 0 Å². The molecular weight excluding hydrogens is 296 g/mol. The largest absolute Gasteiger partial charge is 0.469 e. The topological polar surface area (TPSA) is 26.3 Å². The maximum absolute atomic E-state index is 5.77. The van der Waals surface area contributed by atoms with Gasteiger partial charge in [-0.25, -0.2) is 0 Å². The van der Waals surface area contributed by atoms with Crippen LogP contribution in [0, 0.1) is 0 Å². The Labute approximate surface area is 146 Å². The third-order valence-corrected chi connectivity index (χ3v) is 5.30. The van der Waals surface area contributed by atoms with E-state index in [4.69, 9.17) is 8.83 Å². The highest BCUT2D eigenvalue weighted by Crippen LogP contribution is 2.30. The highest BCUT2D eigenvalue weighted by molar-refractivity contribution is 5.32. The summed E-state index contributed by atoms with van der Waals surface area (Å²) in [6, 6.07) is 2.25. The molecule has 2 aromatic rings. The minimum atomic E-state index is 0.538. The first-order valence-electron chi connectivity index (χ1n) is 9.77. The van der Waals surface area contributed by atoms with Crippen LogP contribution in [-0.2, 0) is 25.7 Å². The molecule has 2 heterocycles. The molecule has 0 saturated carbocycles. The molecule has 0 radical (unpaired) electrons. The minimum absolute atomic E-state index is 0.538. The molecule has 2 nitrogen and oxygen atoms in total. The smallest absolute Gasteiger partial charge is 0.107 e. The average molecular weight is 328 g/mol. The molecule has 0 N–H and O–H groups in total. The molecule has 2 aromatic heterocycles. The van der Waals surface area contributed by atoms with Crippen LogP contribution in [0.3, 0.4) is 0 Å². The lowest BCUT2D eigenvalue weighted by Gasteiger charge is -2.12. The van der Waals surface area contributed by atoms with Gasteiger partial charge < -0.3 is 8.83 Å². The fourth-order valence-corrected chi connectivity index (χ4v) is 3.80. The first-order chi connectivity index (χ1) is 11.6. The number of rotatable bonds is 2. The Hall–Kier alpha value is -1.44. The van der Waals surface area contributed by atoms with E-state index in [-0.39, 0.29) is 0 Å². The summed E-state index contributed by atoms with van der Waals surface area (Å²) in [7, 11) is 0. The molecule has 2 heteroatoms. The molecule has 0 aromatic carbocycles. The van der Waals surface area contributed by atoms with Gasteiger partial charge in [-0.15, -0.1) is 0 Å². The zero-order valence-electron chi connectivity index (χ0n) is 15.8. The van der Waals surface area contributed by atoms with Crippen LogP contribution < -0.4 is 0 Å². The Bertz CT molecular complexity index is 631. The molecule has 0 fully saturated rings. The quantitative estimate of drug-likeness (QED) is 0.623. The fraction of sp³-hybridized carbons (Fsp3) is 0.636. The minimum Gasteiger partial charge on any atom is -0.469 e. The van der Waals surface area contributed by atoms with Crippen LogP contribution in [0.1, 0.15) is 99.2 Å². The van der Waals surface area contributed by atoms with Gasteiger partial charge in [-0.2, -0.15) is 0 Å². The van der Waals surface area contributed by atoms with Crippen LogP contribution >= 0.6 is 0 Å². The van der Waals surface area contributed by atoms with E-state index in [9.17, 15) is 0 Å². The molecule has 2 aliphatic rings. The van der Waals surface area contributed by atoms with E-state index in [2.05, 4.69) is 33.8 Å². The summed E-state index contributed by atoms with van der Waals surface area (Å²) < 4.78 is 11.3. The number of furan rings is 2. The number of hydrogen-bond acceptors (Lipinski definition) is 2. The molecule has 0 amide bonds. The lowest BCUT2D eigenvalue weighted by Crippen LogP contribution is -2.02. The van der Waals surface area contributed by atoms with Gasteiger partial charge in [0.1, 0.15) is 17.3 Å². The SMILES string of the molecule is CC(C)c1cc2c(o1)CCCC2.CC(C)c1coc2c1CCCC2. The molecule has 2 aliphatic carbocycles. The summed E-state index contributed by atoms with van der Waals surface area (Å²) in [6.07, 6.45) is 12.0. The first kappa shape index (κ1) is 17.4. The van der Waals surface area contributed by atoms with Gasteiger partial charge in [0.15, 0.2) is 0 Å². The van der Waals surface area contributed by atoms with Crippen LogP contribution in [0.4, 0.5) is 0 Å². The first-order valence-corrected chi connectivity index (χ1v) is 9.77. The van der Waals surface area contributed by atoms with Crippen molar-refractivity contribution >= 4 is 0 Å². The van der Waals surface area contributed by atoms with Gasteiger partial charge in [0.2, 0.25) is 0 Å². The van der Waals surface area contributed by atoms with Crippen molar-refractivity contribution in [2.75, 3.05) is 0 Å². The lowest BCUT2D eigenvalue weighted by molar-refractivity contribution is 0.430. The second-order valence-corrected chi connectivity index (χ2v) is 7.91. The molecule has 0 atom stereocenters. The maximum Gasteiger partial charge on any atom is 0.107 e. The summed E-state index contributed by atoms with van der Waals surface area (Å²) in [5.41, 5.74) is 4.41. The predicted molar refractivity (Wildman–Crippen MR) is 98.9 cm³/mol. The highest BCUT2D eigenvalue weighted by atomic mass is 16.3.